The van der Waals surface area contributed by atoms with Crippen LogP contribution in [0.15, 0.2) is 40.7 Å². The molecule has 12 heteroatoms. The van der Waals surface area contributed by atoms with Gasteiger partial charge in [0.05, 0.1) is 30.2 Å². The average molecular weight is 450 g/mol. The summed E-state index contributed by atoms with van der Waals surface area (Å²) < 4.78 is 32.2. The molecule has 1 saturated heterocycles. The zero-order valence-electron chi connectivity index (χ0n) is 15.7. The lowest BCUT2D eigenvalue weighted by Gasteiger charge is -2.25. The number of sulfonamides is 1. The quantitative estimate of drug-likeness (QED) is 0.436. The van der Waals surface area contributed by atoms with Crippen molar-refractivity contribution in [3.63, 3.8) is 0 Å². The summed E-state index contributed by atoms with van der Waals surface area (Å²) in [5.74, 6) is -0.410. The minimum atomic E-state index is -3.57. The maximum atomic E-state index is 12.7. The van der Waals surface area contributed by atoms with Crippen molar-refractivity contribution < 1.29 is 22.9 Å². The number of hydrogen-bond donors (Lipinski definition) is 2. The topological polar surface area (TPSA) is 135 Å². The minimum Gasteiger partial charge on any atom is -0.379 e. The minimum absolute atomic E-state index is 0.104. The molecule has 1 aliphatic rings. The molecule has 10 nitrogen and oxygen atoms in total. The average Bonchev–Trinajstić information content (AvgIpc) is 3.39. The van der Waals surface area contributed by atoms with Gasteiger partial charge in [0, 0.05) is 47.2 Å². The van der Waals surface area contributed by atoms with Crippen molar-refractivity contribution in [2.75, 3.05) is 26.3 Å². The first-order valence-electron chi connectivity index (χ1n) is 9.06. The Labute approximate surface area is 175 Å². The van der Waals surface area contributed by atoms with E-state index >= 15 is 0 Å². The summed E-state index contributed by atoms with van der Waals surface area (Å²) in [7, 11) is -3.57. The molecule has 0 bridgehead atoms. The molecule has 1 aromatic carbocycles. The fourth-order valence-electron chi connectivity index (χ4n) is 3.18. The monoisotopic (exact) mass is 450 g/mol. The van der Waals surface area contributed by atoms with E-state index in [1.165, 1.54) is 28.7 Å². The Morgan fingerprint density at radius 3 is 2.77 bits per heavy atom. The molecule has 1 amide bonds. The van der Waals surface area contributed by atoms with Gasteiger partial charge >= 0.3 is 0 Å². The predicted molar refractivity (Wildman–Crippen MR) is 110 cm³/mol. The number of nitrogens with zero attached hydrogens (tertiary/aromatic N) is 2. The number of non-ortho nitro benzene ring substituents is 1. The van der Waals surface area contributed by atoms with E-state index in [9.17, 15) is 23.3 Å². The van der Waals surface area contributed by atoms with E-state index in [2.05, 4.69) is 10.3 Å². The fourth-order valence-corrected chi connectivity index (χ4v) is 6.04. The molecular formula is C18H18N4O6S2. The van der Waals surface area contributed by atoms with Gasteiger partial charge < -0.3 is 15.0 Å². The van der Waals surface area contributed by atoms with Gasteiger partial charge in [-0.1, -0.05) is 0 Å². The van der Waals surface area contributed by atoms with Crippen LogP contribution in [0.25, 0.3) is 10.9 Å². The molecule has 1 fully saturated rings. The summed E-state index contributed by atoms with van der Waals surface area (Å²) in [6.07, 6.45) is 1.49. The summed E-state index contributed by atoms with van der Waals surface area (Å²) in [6, 6.07) is 7.46. The highest BCUT2D eigenvalue weighted by Gasteiger charge is 2.27. The smallest absolute Gasteiger partial charge is 0.270 e. The number of thiophene rings is 1. The number of carbonyl (C=O) groups excluding carboxylic acids is 1. The third-order valence-corrected chi connectivity index (χ3v) is 8.20. The molecule has 3 heterocycles. The fraction of sp³-hybridized carbons (Fsp3) is 0.278. The molecule has 0 atom stereocenters. The summed E-state index contributed by atoms with van der Waals surface area (Å²) in [5, 5.41) is 14.2. The number of morpholine rings is 1. The van der Waals surface area contributed by atoms with Crippen LogP contribution < -0.4 is 5.32 Å². The molecule has 2 N–H and O–H groups in total. The SMILES string of the molecule is O=C(NCc1ccc(S(=O)(=O)N2CCOCC2)s1)c1c[nH]c2ccc([N+](=O)[O-])cc12. The highest BCUT2D eigenvalue weighted by molar-refractivity contribution is 7.91. The van der Waals surface area contributed by atoms with E-state index in [0.717, 1.165) is 11.3 Å². The molecule has 158 valence electrons. The van der Waals surface area contributed by atoms with Crippen LogP contribution in [0.2, 0.25) is 0 Å². The number of rotatable bonds is 6. The maximum absolute atomic E-state index is 12.7. The van der Waals surface area contributed by atoms with Crippen LogP contribution in [0.1, 0.15) is 15.2 Å². The normalized spacial score (nSPS) is 15.3. The zero-order valence-corrected chi connectivity index (χ0v) is 17.3. The lowest BCUT2D eigenvalue weighted by molar-refractivity contribution is -0.384. The summed E-state index contributed by atoms with van der Waals surface area (Å²) in [5.41, 5.74) is 0.791. The van der Waals surface area contributed by atoms with Crippen molar-refractivity contribution in [2.24, 2.45) is 0 Å². The summed E-state index contributed by atoms with van der Waals surface area (Å²) >= 11 is 1.10. The molecule has 0 unspecified atom stereocenters. The molecule has 0 saturated carbocycles. The number of hydrogen-bond acceptors (Lipinski definition) is 7. The molecule has 4 rings (SSSR count). The molecule has 0 aliphatic carbocycles. The third kappa shape index (κ3) is 3.94. The number of nitro benzene ring substituents is 1. The van der Waals surface area contributed by atoms with Gasteiger partial charge in [0.2, 0.25) is 0 Å². The van der Waals surface area contributed by atoms with Crippen molar-refractivity contribution in [1.82, 2.24) is 14.6 Å². The van der Waals surface area contributed by atoms with Crippen LogP contribution in [0.4, 0.5) is 5.69 Å². The standard InChI is InChI=1S/C18H18N4O6S2/c23-18(15-11-19-16-3-1-12(22(24)25)9-14(15)16)20-10-13-2-4-17(29-13)30(26,27)21-5-7-28-8-6-21/h1-4,9,11,19H,5-8,10H2,(H,20,23). The first-order valence-corrected chi connectivity index (χ1v) is 11.3. The zero-order chi connectivity index (χ0) is 21.3. The van der Waals surface area contributed by atoms with E-state index in [-0.39, 0.29) is 22.0 Å². The first kappa shape index (κ1) is 20.5. The lowest BCUT2D eigenvalue weighted by Crippen LogP contribution is -2.40. The Morgan fingerprint density at radius 1 is 1.27 bits per heavy atom. The van der Waals surface area contributed by atoms with E-state index in [1.54, 1.807) is 12.1 Å². The number of nitrogens with one attached hydrogen (secondary N) is 2. The Morgan fingerprint density at radius 2 is 2.03 bits per heavy atom. The number of nitro groups is 1. The third-order valence-electron chi connectivity index (χ3n) is 4.75. The van der Waals surface area contributed by atoms with Crippen molar-refractivity contribution in [2.45, 2.75) is 10.8 Å². The van der Waals surface area contributed by atoms with Crippen LogP contribution in [0.3, 0.4) is 0 Å². The highest BCUT2D eigenvalue weighted by Crippen LogP contribution is 2.26. The van der Waals surface area contributed by atoms with Crippen LogP contribution in [-0.4, -0.2) is 54.8 Å². The van der Waals surface area contributed by atoms with Crippen molar-refractivity contribution in [3.05, 3.63) is 57.1 Å². The number of aromatic nitrogens is 1. The molecule has 1 aliphatic heterocycles. The van der Waals surface area contributed by atoms with Crippen LogP contribution in [0, 0.1) is 10.1 Å². The largest absolute Gasteiger partial charge is 0.379 e. The summed E-state index contributed by atoms with van der Waals surface area (Å²) in [6.45, 7) is 1.52. The molecule has 0 radical (unpaired) electrons. The van der Waals surface area contributed by atoms with Crippen LogP contribution >= 0.6 is 11.3 Å². The van der Waals surface area contributed by atoms with Gasteiger partial charge in [0.25, 0.3) is 21.6 Å². The van der Waals surface area contributed by atoms with Crippen molar-refractivity contribution >= 4 is 43.9 Å². The Kier molecular flexibility index (Phi) is 5.56. The van der Waals surface area contributed by atoms with E-state index in [4.69, 9.17) is 4.74 Å². The number of amides is 1. The van der Waals surface area contributed by atoms with E-state index in [0.29, 0.717) is 42.1 Å². The Hall–Kier alpha value is -2.80. The first-order chi connectivity index (χ1) is 14.4. The van der Waals surface area contributed by atoms with Gasteiger partial charge in [0.15, 0.2) is 0 Å². The number of benzene rings is 1. The van der Waals surface area contributed by atoms with Gasteiger partial charge in [0.1, 0.15) is 4.21 Å². The predicted octanol–water partition coefficient (Wildman–Crippen LogP) is 2.09. The number of fused-ring (bicyclic) bond motifs is 1. The van der Waals surface area contributed by atoms with Crippen LogP contribution in [-0.2, 0) is 21.3 Å². The second-order valence-electron chi connectivity index (χ2n) is 6.61. The number of aromatic amines is 1. The van der Waals surface area contributed by atoms with Gasteiger partial charge in [-0.25, -0.2) is 8.42 Å². The Balaban J connectivity index is 1.47. The van der Waals surface area contributed by atoms with Gasteiger partial charge in [-0.3, -0.25) is 14.9 Å². The molecule has 30 heavy (non-hydrogen) atoms. The number of carbonyl (C=O) groups is 1. The van der Waals surface area contributed by atoms with E-state index in [1.807, 2.05) is 0 Å². The molecule has 3 aromatic rings. The maximum Gasteiger partial charge on any atom is 0.270 e. The van der Waals surface area contributed by atoms with Gasteiger partial charge in [-0.2, -0.15) is 4.31 Å². The molecule has 2 aromatic heterocycles. The number of ether oxygens (including phenoxy) is 1. The second kappa shape index (κ2) is 8.14. The lowest BCUT2D eigenvalue weighted by atomic mass is 10.1. The number of H-pyrrole nitrogens is 1. The second-order valence-corrected chi connectivity index (χ2v) is 9.94. The molecule has 0 spiro atoms. The molecular weight excluding hydrogens is 432 g/mol. The van der Waals surface area contributed by atoms with E-state index < -0.39 is 20.9 Å². The summed E-state index contributed by atoms with van der Waals surface area (Å²) in [4.78, 5) is 26.7. The highest BCUT2D eigenvalue weighted by atomic mass is 32.2. The van der Waals surface area contributed by atoms with Gasteiger partial charge in [-0.05, 0) is 18.2 Å². The van der Waals surface area contributed by atoms with Gasteiger partial charge in [-0.15, -0.1) is 11.3 Å². The Bertz CT molecular complexity index is 1210. The van der Waals surface area contributed by atoms with Crippen molar-refractivity contribution in [1.29, 1.82) is 0 Å². The van der Waals surface area contributed by atoms with Crippen molar-refractivity contribution in [3.8, 4) is 0 Å². The van der Waals surface area contributed by atoms with Crippen LogP contribution in [0.5, 0.6) is 0 Å².